The van der Waals surface area contributed by atoms with E-state index >= 15 is 0 Å². The monoisotopic (exact) mass is 400 g/mol. The van der Waals surface area contributed by atoms with E-state index < -0.39 is 0 Å². The summed E-state index contributed by atoms with van der Waals surface area (Å²) in [5.74, 6) is 0.787. The molecule has 0 fully saturated rings. The highest BCUT2D eigenvalue weighted by molar-refractivity contribution is 9.10. The fourth-order valence-corrected chi connectivity index (χ4v) is 2.76. The second kappa shape index (κ2) is 8.09. The maximum Gasteiger partial charge on any atom is 0.133 e. The standard InChI is InChI=1S/C19H17BrN2OS/c1-12-7-13(2)16(9-14(12)8-15(10-21)19(22)24)11-23-18-6-4-3-5-17(18)20/h3-9H,11H2,1-2H3,(H2,22,24). The molecule has 5 heteroatoms. The van der Waals surface area contributed by atoms with Crippen molar-refractivity contribution in [3.8, 4) is 11.8 Å². The Bertz CT molecular complexity index is 853. The Kier molecular flexibility index (Phi) is 6.13. The number of ether oxygens (including phenoxy) is 1. The molecule has 0 bridgehead atoms. The molecule has 0 atom stereocenters. The first-order chi connectivity index (χ1) is 11.4. The van der Waals surface area contributed by atoms with E-state index in [0.717, 1.165) is 32.5 Å². The third-order valence-electron chi connectivity index (χ3n) is 3.63. The highest BCUT2D eigenvalue weighted by Gasteiger charge is 2.08. The zero-order valence-electron chi connectivity index (χ0n) is 13.5. The van der Waals surface area contributed by atoms with Crippen LogP contribution in [0, 0.1) is 25.2 Å². The van der Waals surface area contributed by atoms with E-state index in [1.54, 1.807) is 6.08 Å². The van der Waals surface area contributed by atoms with Crippen LogP contribution in [0.15, 0.2) is 46.4 Å². The first-order valence-electron chi connectivity index (χ1n) is 7.31. The fourth-order valence-electron chi connectivity index (χ4n) is 2.26. The molecule has 0 radical (unpaired) electrons. The highest BCUT2D eigenvalue weighted by atomic mass is 79.9. The Labute approximate surface area is 155 Å². The van der Waals surface area contributed by atoms with Crippen LogP contribution in [-0.4, -0.2) is 4.99 Å². The summed E-state index contributed by atoms with van der Waals surface area (Å²) in [6.45, 7) is 4.47. The number of benzene rings is 2. The number of nitriles is 1. The van der Waals surface area contributed by atoms with Crippen LogP contribution in [0.1, 0.15) is 22.3 Å². The molecule has 0 aliphatic heterocycles. The molecule has 2 aromatic carbocycles. The zero-order chi connectivity index (χ0) is 17.7. The summed E-state index contributed by atoms with van der Waals surface area (Å²) in [7, 11) is 0. The van der Waals surface area contributed by atoms with Crippen LogP contribution in [0.5, 0.6) is 5.75 Å². The first-order valence-corrected chi connectivity index (χ1v) is 8.51. The smallest absolute Gasteiger partial charge is 0.133 e. The van der Waals surface area contributed by atoms with E-state index in [0.29, 0.717) is 12.2 Å². The lowest BCUT2D eigenvalue weighted by atomic mass is 9.98. The molecule has 0 unspecified atom stereocenters. The first kappa shape index (κ1) is 18.2. The number of thiocarbonyl (C=S) groups is 1. The molecule has 2 aromatic rings. The number of nitrogens with zero attached hydrogens (tertiary/aromatic N) is 1. The van der Waals surface area contributed by atoms with E-state index in [-0.39, 0.29) is 4.99 Å². The minimum absolute atomic E-state index is 0.100. The molecular formula is C19H17BrN2OS. The molecule has 0 saturated carbocycles. The SMILES string of the molecule is Cc1cc(C)c(COc2ccccc2Br)cc1C=C(C#N)C(N)=S. The van der Waals surface area contributed by atoms with E-state index in [1.807, 2.05) is 50.2 Å². The number of halogens is 1. The van der Waals surface area contributed by atoms with E-state index in [2.05, 4.69) is 22.0 Å². The second-order valence-electron chi connectivity index (χ2n) is 5.39. The summed E-state index contributed by atoms with van der Waals surface area (Å²) in [6.07, 6.45) is 1.72. The summed E-state index contributed by atoms with van der Waals surface area (Å²) in [4.78, 5) is 0.100. The molecule has 3 nitrogen and oxygen atoms in total. The molecule has 0 amide bonds. The minimum atomic E-state index is 0.100. The lowest BCUT2D eigenvalue weighted by molar-refractivity contribution is 0.303. The van der Waals surface area contributed by atoms with Crippen molar-refractivity contribution in [1.82, 2.24) is 0 Å². The number of hydrogen-bond donors (Lipinski definition) is 1. The van der Waals surface area contributed by atoms with Gasteiger partial charge in [0.15, 0.2) is 0 Å². The topological polar surface area (TPSA) is 59.0 Å². The van der Waals surface area contributed by atoms with Crippen molar-refractivity contribution < 1.29 is 4.74 Å². The molecule has 0 aromatic heterocycles. The highest BCUT2D eigenvalue weighted by Crippen LogP contribution is 2.26. The van der Waals surface area contributed by atoms with Gasteiger partial charge >= 0.3 is 0 Å². The third-order valence-corrected chi connectivity index (χ3v) is 4.51. The summed E-state index contributed by atoms with van der Waals surface area (Å²) in [5, 5.41) is 9.14. The van der Waals surface area contributed by atoms with Crippen molar-refractivity contribution in [3.05, 3.63) is 68.7 Å². The molecule has 0 heterocycles. The molecule has 24 heavy (non-hydrogen) atoms. The quantitative estimate of drug-likeness (QED) is 0.443. The van der Waals surface area contributed by atoms with E-state index in [1.165, 1.54) is 0 Å². The predicted octanol–water partition coefficient (Wildman–Crippen LogP) is 4.84. The number of rotatable bonds is 5. The molecule has 0 saturated heterocycles. The number of nitrogens with two attached hydrogens (primary N) is 1. The number of hydrogen-bond acceptors (Lipinski definition) is 3. The Hall–Kier alpha value is -2.16. The van der Waals surface area contributed by atoms with E-state index in [9.17, 15) is 0 Å². The lowest BCUT2D eigenvalue weighted by Gasteiger charge is -2.13. The Morgan fingerprint density at radius 2 is 2.00 bits per heavy atom. The summed E-state index contributed by atoms with van der Waals surface area (Å²) in [6, 6.07) is 13.8. The van der Waals surface area contributed by atoms with Crippen LogP contribution in [0.3, 0.4) is 0 Å². The number of aryl methyl sites for hydroxylation is 2. The Morgan fingerprint density at radius 3 is 2.62 bits per heavy atom. The van der Waals surface area contributed by atoms with E-state index in [4.69, 9.17) is 28.0 Å². The van der Waals surface area contributed by atoms with Gasteiger partial charge in [-0.3, -0.25) is 0 Å². The van der Waals surface area contributed by atoms with Gasteiger partial charge in [0.05, 0.1) is 10.0 Å². The fraction of sp³-hybridized carbons (Fsp3) is 0.158. The normalized spacial score (nSPS) is 11.0. The zero-order valence-corrected chi connectivity index (χ0v) is 15.9. The van der Waals surface area contributed by atoms with Crippen LogP contribution < -0.4 is 10.5 Å². The summed E-state index contributed by atoms with van der Waals surface area (Å²) in [5.41, 5.74) is 10.0. The second-order valence-corrected chi connectivity index (χ2v) is 6.68. The van der Waals surface area contributed by atoms with Gasteiger partial charge in [0.25, 0.3) is 0 Å². The van der Waals surface area contributed by atoms with Gasteiger partial charge in [0.2, 0.25) is 0 Å². The van der Waals surface area contributed by atoms with Crippen LogP contribution in [0.4, 0.5) is 0 Å². The minimum Gasteiger partial charge on any atom is -0.488 e. The van der Waals surface area contributed by atoms with Crippen molar-refractivity contribution in [2.24, 2.45) is 5.73 Å². The van der Waals surface area contributed by atoms with Crippen molar-refractivity contribution in [2.75, 3.05) is 0 Å². The molecule has 0 aliphatic carbocycles. The molecule has 2 N–H and O–H groups in total. The maximum absolute atomic E-state index is 9.14. The molecule has 2 rings (SSSR count). The largest absolute Gasteiger partial charge is 0.488 e. The van der Waals surface area contributed by atoms with Crippen LogP contribution in [0.2, 0.25) is 0 Å². The van der Waals surface area contributed by atoms with Gasteiger partial charge in [-0.1, -0.05) is 30.4 Å². The van der Waals surface area contributed by atoms with Gasteiger partial charge in [-0.25, -0.2) is 0 Å². The predicted molar refractivity (Wildman–Crippen MR) is 105 cm³/mol. The summed E-state index contributed by atoms with van der Waals surface area (Å²) >= 11 is 8.38. The summed E-state index contributed by atoms with van der Waals surface area (Å²) < 4.78 is 6.81. The van der Waals surface area contributed by atoms with Crippen LogP contribution in [0.25, 0.3) is 6.08 Å². The average molecular weight is 401 g/mol. The van der Waals surface area contributed by atoms with Gasteiger partial charge in [-0.05, 0) is 76.3 Å². The van der Waals surface area contributed by atoms with Gasteiger partial charge < -0.3 is 10.5 Å². The van der Waals surface area contributed by atoms with Crippen molar-refractivity contribution in [3.63, 3.8) is 0 Å². The van der Waals surface area contributed by atoms with Gasteiger partial charge in [-0.2, -0.15) is 5.26 Å². The van der Waals surface area contributed by atoms with Gasteiger partial charge in [-0.15, -0.1) is 0 Å². The molecule has 122 valence electrons. The van der Waals surface area contributed by atoms with Crippen molar-refractivity contribution in [2.45, 2.75) is 20.5 Å². The molecule has 0 aliphatic rings. The third kappa shape index (κ3) is 4.44. The van der Waals surface area contributed by atoms with Gasteiger partial charge in [0.1, 0.15) is 23.4 Å². The Balaban J connectivity index is 2.32. The van der Waals surface area contributed by atoms with Crippen LogP contribution >= 0.6 is 28.1 Å². The van der Waals surface area contributed by atoms with Crippen molar-refractivity contribution >= 4 is 39.2 Å². The maximum atomic E-state index is 9.14. The average Bonchev–Trinajstić information content (AvgIpc) is 2.54. The molecular weight excluding hydrogens is 384 g/mol. The van der Waals surface area contributed by atoms with Gasteiger partial charge in [0, 0.05) is 0 Å². The Morgan fingerprint density at radius 1 is 1.29 bits per heavy atom. The van der Waals surface area contributed by atoms with Crippen LogP contribution in [-0.2, 0) is 6.61 Å². The lowest BCUT2D eigenvalue weighted by Crippen LogP contribution is -2.10. The molecule has 0 spiro atoms. The number of para-hydroxylation sites is 1. The van der Waals surface area contributed by atoms with Crippen molar-refractivity contribution in [1.29, 1.82) is 5.26 Å².